The van der Waals surface area contributed by atoms with Gasteiger partial charge in [0.15, 0.2) is 0 Å². The van der Waals surface area contributed by atoms with E-state index < -0.39 is 18.0 Å². The average Bonchev–Trinajstić information content (AvgIpc) is 3.05. The standard InChI is InChI=1S/C21H18Cl2N4O4/c22-13-2-4-15(23)16(8-13)25-21(31)24-9-11-1-3-14-12(7-11)10-27(20(14)30)17-5-6-18(28)26-19(17)29/h1-4,7-8,17H,5-6,9-10H2,(H2,24,25,31)(H,26,28,29). The van der Waals surface area contributed by atoms with Crippen molar-refractivity contribution < 1.29 is 19.2 Å². The first-order valence-electron chi connectivity index (χ1n) is 9.58. The van der Waals surface area contributed by atoms with E-state index in [9.17, 15) is 19.2 Å². The van der Waals surface area contributed by atoms with Crippen LogP contribution in [0, 0.1) is 0 Å². The van der Waals surface area contributed by atoms with Crippen LogP contribution in [0.2, 0.25) is 10.0 Å². The zero-order valence-electron chi connectivity index (χ0n) is 16.2. The molecule has 0 saturated carbocycles. The van der Waals surface area contributed by atoms with Crippen molar-refractivity contribution in [2.24, 2.45) is 0 Å². The number of amides is 5. The molecular formula is C21H18Cl2N4O4. The summed E-state index contributed by atoms with van der Waals surface area (Å²) in [6, 6.07) is 8.91. The van der Waals surface area contributed by atoms with Crippen LogP contribution in [0.1, 0.15) is 34.3 Å². The largest absolute Gasteiger partial charge is 0.334 e. The van der Waals surface area contributed by atoms with Crippen LogP contribution in [0.4, 0.5) is 10.5 Å². The fourth-order valence-electron chi connectivity index (χ4n) is 3.68. The topological polar surface area (TPSA) is 108 Å². The molecule has 1 saturated heterocycles. The smallest absolute Gasteiger partial charge is 0.319 e. The lowest BCUT2D eigenvalue weighted by Gasteiger charge is -2.29. The number of urea groups is 1. The summed E-state index contributed by atoms with van der Waals surface area (Å²) in [5.41, 5.74) is 2.48. The predicted molar refractivity (Wildman–Crippen MR) is 115 cm³/mol. The molecule has 0 aromatic heterocycles. The Morgan fingerprint density at radius 2 is 1.94 bits per heavy atom. The molecule has 1 unspecified atom stereocenters. The van der Waals surface area contributed by atoms with E-state index in [4.69, 9.17) is 23.2 Å². The third-order valence-corrected chi connectivity index (χ3v) is 5.78. The first kappa shape index (κ1) is 21.1. The maximum Gasteiger partial charge on any atom is 0.319 e. The van der Waals surface area contributed by atoms with Crippen LogP contribution in [-0.4, -0.2) is 34.7 Å². The van der Waals surface area contributed by atoms with Gasteiger partial charge in [-0.05, 0) is 41.8 Å². The van der Waals surface area contributed by atoms with Gasteiger partial charge in [-0.1, -0.05) is 35.3 Å². The van der Waals surface area contributed by atoms with Gasteiger partial charge in [-0.3, -0.25) is 19.7 Å². The van der Waals surface area contributed by atoms with Crippen molar-refractivity contribution in [3.05, 3.63) is 63.1 Å². The van der Waals surface area contributed by atoms with E-state index in [0.717, 1.165) is 11.1 Å². The van der Waals surface area contributed by atoms with E-state index >= 15 is 0 Å². The first-order valence-corrected chi connectivity index (χ1v) is 10.3. The Bertz CT molecular complexity index is 1100. The van der Waals surface area contributed by atoms with Gasteiger partial charge < -0.3 is 15.5 Å². The molecule has 2 aliphatic rings. The molecule has 0 aliphatic carbocycles. The highest BCUT2D eigenvalue weighted by Gasteiger charge is 2.39. The number of fused-ring (bicyclic) bond motifs is 1. The van der Waals surface area contributed by atoms with Gasteiger partial charge in [0.25, 0.3) is 5.91 Å². The lowest BCUT2D eigenvalue weighted by atomic mass is 10.0. The van der Waals surface area contributed by atoms with E-state index in [1.54, 1.807) is 30.3 Å². The van der Waals surface area contributed by atoms with Crippen molar-refractivity contribution in [2.75, 3.05) is 5.32 Å². The van der Waals surface area contributed by atoms with Gasteiger partial charge in [-0.25, -0.2) is 4.79 Å². The normalized spacial score (nSPS) is 17.9. The molecule has 8 nitrogen and oxygen atoms in total. The molecule has 31 heavy (non-hydrogen) atoms. The highest BCUT2D eigenvalue weighted by atomic mass is 35.5. The number of anilines is 1. The SMILES string of the molecule is O=C1CCC(N2Cc3cc(CNC(=O)Nc4cc(Cl)ccc4Cl)ccc3C2=O)C(=O)N1. The predicted octanol–water partition coefficient (Wildman–Crippen LogP) is 3.08. The molecule has 0 spiro atoms. The highest BCUT2D eigenvalue weighted by molar-refractivity contribution is 6.35. The van der Waals surface area contributed by atoms with E-state index in [1.165, 1.54) is 4.90 Å². The Morgan fingerprint density at radius 3 is 2.71 bits per heavy atom. The molecule has 1 fully saturated rings. The summed E-state index contributed by atoms with van der Waals surface area (Å²) in [7, 11) is 0. The number of nitrogens with one attached hydrogen (secondary N) is 3. The number of halogens is 2. The zero-order chi connectivity index (χ0) is 22.1. The number of carbonyl (C=O) groups is 4. The van der Waals surface area contributed by atoms with E-state index in [2.05, 4.69) is 16.0 Å². The Labute approximate surface area is 187 Å². The van der Waals surface area contributed by atoms with Crippen LogP contribution >= 0.6 is 23.2 Å². The van der Waals surface area contributed by atoms with Gasteiger partial charge in [-0.15, -0.1) is 0 Å². The summed E-state index contributed by atoms with van der Waals surface area (Å²) in [4.78, 5) is 49.9. The number of nitrogens with zero attached hydrogens (tertiary/aromatic N) is 1. The minimum atomic E-state index is -0.660. The molecule has 1 atom stereocenters. The summed E-state index contributed by atoms with van der Waals surface area (Å²) in [6.07, 6.45) is 0.516. The fraction of sp³-hybridized carbons (Fsp3) is 0.238. The molecule has 0 radical (unpaired) electrons. The Morgan fingerprint density at radius 1 is 1.13 bits per heavy atom. The second kappa shape index (κ2) is 8.56. The Kier molecular flexibility index (Phi) is 5.84. The summed E-state index contributed by atoms with van der Waals surface area (Å²) in [5.74, 6) is -1.01. The molecule has 2 aliphatic heterocycles. The van der Waals surface area contributed by atoms with Gasteiger partial charge in [-0.2, -0.15) is 0 Å². The molecule has 4 rings (SSSR count). The fourth-order valence-corrected chi connectivity index (χ4v) is 4.02. The second-order valence-electron chi connectivity index (χ2n) is 7.32. The number of piperidine rings is 1. The van der Waals surface area contributed by atoms with Crippen molar-refractivity contribution >= 4 is 52.6 Å². The number of hydrogen-bond donors (Lipinski definition) is 3. The molecule has 0 bridgehead atoms. The molecule has 160 valence electrons. The zero-order valence-corrected chi connectivity index (χ0v) is 17.7. The molecule has 3 N–H and O–H groups in total. The molecule has 2 aromatic carbocycles. The number of benzene rings is 2. The maximum atomic E-state index is 12.7. The maximum absolute atomic E-state index is 12.7. The highest BCUT2D eigenvalue weighted by Crippen LogP contribution is 2.28. The number of hydrogen-bond acceptors (Lipinski definition) is 4. The van der Waals surface area contributed by atoms with Crippen LogP contribution in [0.25, 0.3) is 0 Å². The lowest BCUT2D eigenvalue weighted by molar-refractivity contribution is -0.136. The Balaban J connectivity index is 1.39. The summed E-state index contributed by atoms with van der Waals surface area (Å²) < 4.78 is 0. The molecule has 5 amide bonds. The lowest BCUT2D eigenvalue weighted by Crippen LogP contribution is -2.52. The minimum absolute atomic E-state index is 0.206. The Hall–Kier alpha value is -3.10. The number of carbonyl (C=O) groups excluding carboxylic acids is 4. The monoisotopic (exact) mass is 460 g/mol. The van der Waals surface area contributed by atoms with Gasteiger partial charge in [0.2, 0.25) is 11.8 Å². The molecule has 10 heteroatoms. The van der Waals surface area contributed by atoms with E-state index in [-0.39, 0.29) is 31.3 Å². The quantitative estimate of drug-likeness (QED) is 0.609. The average molecular weight is 461 g/mol. The summed E-state index contributed by atoms with van der Waals surface area (Å²) in [5, 5.41) is 8.46. The van der Waals surface area contributed by atoms with Gasteiger partial charge in [0, 0.05) is 30.1 Å². The van der Waals surface area contributed by atoms with Crippen molar-refractivity contribution in [2.45, 2.75) is 32.0 Å². The third kappa shape index (κ3) is 4.50. The number of rotatable bonds is 4. The van der Waals surface area contributed by atoms with E-state index in [0.29, 0.717) is 27.7 Å². The van der Waals surface area contributed by atoms with Gasteiger partial charge in [0.05, 0.1) is 10.7 Å². The van der Waals surface area contributed by atoms with Crippen LogP contribution in [-0.2, 0) is 22.7 Å². The van der Waals surface area contributed by atoms with Gasteiger partial charge >= 0.3 is 6.03 Å². The first-order chi connectivity index (χ1) is 14.8. The van der Waals surface area contributed by atoms with Crippen LogP contribution in [0.3, 0.4) is 0 Å². The molecular weight excluding hydrogens is 443 g/mol. The van der Waals surface area contributed by atoms with Crippen LogP contribution in [0.5, 0.6) is 0 Å². The third-order valence-electron chi connectivity index (χ3n) is 5.22. The van der Waals surface area contributed by atoms with Crippen LogP contribution < -0.4 is 16.0 Å². The summed E-state index contributed by atoms with van der Waals surface area (Å²) in [6.45, 7) is 0.502. The molecule has 2 aromatic rings. The second-order valence-corrected chi connectivity index (χ2v) is 8.17. The number of imide groups is 1. The van der Waals surface area contributed by atoms with E-state index in [1.807, 2.05) is 6.07 Å². The van der Waals surface area contributed by atoms with Crippen molar-refractivity contribution in [3.8, 4) is 0 Å². The van der Waals surface area contributed by atoms with Crippen LogP contribution in [0.15, 0.2) is 36.4 Å². The van der Waals surface area contributed by atoms with Gasteiger partial charge in [0.1, 0.15) is 6.04 Å². The summed E-state index contributed by atoms with van der Waals surface area (Å²) >= 11 is 12.0. The van der Waals surface area contributed by atoms with Crippen molar-refractivity contribution in [3.63, 3.8) is 0 Å². The van der Waals surface area contributed by atoms with Crippen molar-refractivity contribution in [1.82, 2.24) is 15.5 Å². The van der Waals surface area contributed by atoms with Crippen molar-refractivity contribution in [1.29, 1.82) is 0 Å². The molecule has 2 heterocycles. The minimum Gasteiger partial charge on any atom is -0.334 e.